The van der Waals surface area contributed by atoms with E-state index in [0.717, 1.165) is 22.6 Å². The van der Waals surface area contributed by atoms with E-state index in [4.69, 9.17) is 9.47 Å². The van der Waals surface area contributed by atoms with Gasteiger partial charge in [0.1, 0.15) is 22.9 Å². The molecule has 0 bridgehead atoms. The average Bonchev–Trinajstić information content (AvgIpc) is 2.88. The number of ketones is 2. The van der Waals surface area contributed by atoms with E-state index in [9.17, 15) is 9.59 Å². The third-order valence-electron chi connectivity index (χ3n) is 5.21. The zero-order valence-corrected chi connectivity index (χ0v) is 23.2. The summed E-state index contributed by atoms with van der Waals surface area (Å²) in [6.45, 7) is 13.9. The molecule has 0 radical (unpaired) electrons. The second-order valence-corrected chi connectivity index (χ2v) is 11.6. The van der Waals surface area contributed by atoms with Gasteiger partial charge in [0, 0.05) is 0 Å². The number of pyridine rings is 1. The van der Waals surface area contributed by atoms with Crippen LogP contribution in [-0.4, -0.2) is 29.8 Å². The fraction of sp³-hybridized carbons (Fsp3) is 0.303. The number of benzene rings is 2. The van der Waals surface area contributed by atoms with Gasteiger partial charge in [0.2, 0.25) is 11.6 Å². The Labute approximate surface area is 226 Å². The lowest BCUT2D eigenvalue weighted by Crippen LogP contribution is -2.16. The van der Waals surface area contributed by atoms with Crippen LogP contribution in [0.3, 0.4) is 0 Å². The van der Waals surface area contributed by atoms with E-state index in [1.54, 1.807) is 30.4 Å². The van der Waals surface area contributed by atoms with Crippen LogP contribution in [0.25, 0.3) is 12.2 Å². The SMILES string of the molecule is CC(C)(C)COc1ccc(/C=C/C(=O)c2cccc(C(=O)/C=C/c3ccc(OCC(C)(C)C)cc3)n2)cc1. The fourth-order valence-electron chi connectivity index (χ4n) is 3.17. The zero-order chi connectivity index (χ0) is 27.8. The fourth-order valence-corrected chi connectivity index (χ4v) is 3.17. The third-order valence-corrected chi connectivity index (χ3v) is 5.21. The summed E-state index contributed by atoms with van der Waals surface area (Å²) < 4.78 is 11.6. The molecule has 1 heterocycles. The molecule has 0 saturated heterocycles. The lowest BCUT2D eigenvalue weighted by Gasteiger charge is -2.18. The number of carbonyl (C=O) groups excluding carboxylic acids is 2. The van der Waals surface area contributed by atoms with Crippen molar-refractivity contribution in [1.82, 2.24) is 4.98 Å². The molecule has 0 amide bonds. The largest absolute Gasteiger partial charge is 0.493 e. The summed E-state index contributed by atoms with van der Waals surface area (Å²) in [6, 6.07) is 20.0. The van der Waals surface area contributed by atoms with E-state index in [1.807, 2.05) is 48.5 Å². The van der Waals surface area contributed by atoms with Crippen molar-refractivity contribution in [2.24, 2.45) is 10.8 Å². The first kappa shape index (κ1) is 28.6. The van der Waals surface area contributed by atoms with Crippen LogP contribution in [-0.2, 0) is 0 Å². The first-order valence-electron chi connectivity index (χ1n) is 12.8. The second kappa shape index (κ2) is 12.5. The number of ether oxygens (including phenoxy) is 2. The first-order valence-corrected chi connectivity index (χ1v) is 12.8. The number of aromatic nitrogens is 1. The molecule has 5 heteroatoms. The highest BCUT2D eigenvalue weighted by molar-refractivity contribution is 6.08. The lowest BCUT2D eigenvalue weighted by molar-refractivity contribution is 0.104. The van der Waals surface area contributed by atoms with Gasteiger partial charge < -0.3 is 9.47 Å². The molecule has 2 aromatic carbocycles. The molecular weight excluding hydrogens is 474 g/mol. The van der Waals surface area contributed by atoms with Gasteiger partial charge in [-0.05, 0) is 70.5 Å². The molecule has 0 atom stereocenters. The molecule has 3 rings (SSSR count). The lowest BCUT2D eigenvalue weighted by atomic mass is 9.99. The number of allylic oxidation sites excluding steroid dienone is 2. The van der Waals surface area contributed by atoms with Crippen molar-refractivity contribution in [2.75, 3.05) is 13.2 Å². The average molecular weight is 512 g/mol. The van der Waals surface area contributed by atoms with E-state index in [0.29, 0.717) is 13.2 Å². The summed E-state index contributed by atoms with van der Waals surface area (Å²) in [5, 5.41) is 0. The molecule has 0 aliphatic heterocycles. The topological polar surface area (TPSA) is 65.5 Å². The van der Waals surface area contributed by atoms with Crippen molar-refractivity contribution in [3.63, 3.8) is 0 Å². The smallest absolute Gasteiger partial charge is 0.204 e. The van der Waals surface area contributed by atoms with Gasteiger partial charge in [-0.3, -0.25) is 9.59 Å². The predicted octanol–water partition coefficient (Wildman–Crippen LogP) is 7.72. The Morgan fingerprint density at radius 2 is 1.00 bits per heavy atom. The molecule has 5 nitrogen and oxygen atoms in total. The van der Waals surface area contributed by atoms with Gasteiger partial charge in [-0.15, -0.1) is 0 Å². The standard InChI is InChI=1S/C33H37NO4/c1-32(2,3)22-37-26-16-10-24(11-17-26)14-20-30(35)28-8-7-9-29(34-28)31(36)21-15-25-12-18-27(19-13-25)38-23-33(4,5)6/h7-21H,22-23H2,1-6H3/b20-14+,21-15+. The summed E-state index contributed by atoms with van der Waals surface area (Å²) in [7, 11) is 0. The maximum Gasteiger partial charge on any atom is 0.204 e. The van der Waals surface area contributed by atoms with Crippen LogP contribution in [0.4, 0.5) is 0 Å². The molecule has 0 N–H and O–H groups in total. The Hall–Kier alpha value is -3.99. The molecule has 198 valence electrons. The first-order chi connectivity index (χ1) is 17.9. The van der Waals surface area contributed by atoms with E-state index in [2.05, 4.69) is 46.5 Å². The van der Waals surface area contributed by atoms with Crippen LogP contribution < -0.4 is 9.47 Å². The minimum absolute atomic E-state index is 0.0799. The van der Waals surface area contributed by atoms with E-state index in [-0.39, 0.29) is 33.8 Å². The zero-order valence-electron chi connectivity index (χ0n) is 23.2. The van der Waals surface area contributed by atoms with E-state index in [1.165, 1.54) is 12.2 Å². The highest BCUT2D eigenvalue weighted by atomic mass is 16.5. The van der Waals surface area contributed by atoms with Gasteiger partial charge >= 0.3 is 0 Å². The van der Waals surface area contributed by atoms with Crippen molar-refractivity contribution in [2.45, 2.75) is 41.5 Å². The summed E-state index contributed by atoms with van der Waals surface area (Å²) in [5.74, 6) is 1.02. The molecule has 0 spiro atoms. The highest BCUT2D eigenvalue weighted by Gasteiger charge is 2.12. The summed E-state index contributed by atoms with van der Waals surface area (Å²) in [4.78, 5) is 29.6. The number of rotatable bonds is 10. The van der Waals surface area contributed by atoms with Crippen LogP contribution in [0.2, 0.25) is 0 Å². The number of nitrogens with zero attached hydrogens (tertiary/aromatic N) is 1. The maximum absolute atomic E-state index is 12.7. The van der Waals surface area contributed by atoms with Crippen molar-refractivity contribution in [3.05, 3.63) is 101 Å². The monoisotopic (exact) mass is 511 g/mol. The second-order valence-electron chi connectivity index (χ2n) is 11.6. The minimum atomic E-state index is -0.275. The van der Waals surface area contributed by atoms with Crippen LogP contribution >= 0.6 is 0 Å². The van der Waals surface area contributed by atoms with Gasteiger partial charge in [-0.1, -0.05) is 84.0 Å². The Kier molecular flexibility index (Phi) is 9.40. The predicted molar refractivity (Wildman–Crippen MR) is 154 cm³/mol. The number of hydrogen-bond acceptors (Lipinski definition) is 5. The minimum Gasteiger partial charge on any atom is -0.493 e. The van der Waals surface area contributed by atoms with E-state index < -0.39 is 0 Å². The summed E-state index contributed by atoms with van der Waals surface area (Å²) >= 11 is 0. The van der Waals surface area contributed by atoms with Crippen LogP contribution in [0, 0.1) is 10.8 Å². The maximum atomic E-state index is 12.7. The Bertz CT molecular complexity index is 1190. The van der Waals surface area contributed by atoms with Crippen molar-refractivity contribution >= 4 is 23.7 Å². The quantitative estimate of drug-likeness (QED) is 0.206. The normalized spacial score (nSPS) is 12.2. The van der Waals surface area contributed by atoms with Gasteiger partial charge in [-0.25, -0.2) is 4.98 Å². The molecule has 1 aromatic heterocycles. The van der Waals surface area contributed by atoms with Crippen LogP contribution in [0.15, 0.2) is 78.9 Å². The Morgan fingerprint density at radius 1 is 0.632 bits per heavy atom. The summed E-state index contributed by atoms with van der Waals surface area (Å²) in [5.41, 5.74) is 2.32. The molecule has 0 fully saturated rings. The molecule has 0 aliphatic rings. The van der Waals surface area contributed by atoms with Gasteiger partial charge in [0.15, 0.2) is 0 Å². The highest BCUT2D eigenvalue weighted by Crippen LogP contribution is 2.20. The van der Waals surface area contributed by atoms with Gasteiger partial charge in [0.05, 0.1) is 13.2 Å². The molecule has 0 saturated carbocycles. The van der Waals surface area contributed by atoms with Crippen LogP contribution in [0.1, 0.15) is 73.6 Å². The molecule has 3 aromatic rings. The molecule has 0 aliphatic carbocycles. The molecular formula is C33H37NO4. The Morgan fingerprint density at radius 3 is 1.34 bits per heavy atom. The molecule has 38 heavy (non-hydrogen) atoms. The van der Waals surface area contributed by atoms with Gasteiger partial charge in [-0.2, -0.15) is 0 Å². The van der Waals surface area contributed by atoms with E-state index >= 15 is 0 Å². The van der Waals surface area contributed by atoms with Crippen LogP contribution in [0.5, 0.6) is 11.5 Å². The number of carbonyl (C=O) groups is 2. The van der Waals surface area contributed by atoms with Gasteiger partial charge in [0.25, 0.3) is 0 Å². The van der Waals surface area contributed by atoms with Crippen molar-refractivity contribution in [3.8, 4) is 11.5 Å². The third kappa shape index (κ3) is 9.81. The molecule has 0 unspecified atom stereocenters. The number of hydrogen-bond donors (Lipinski definition) is 0. The van der Waals surface area contributed by atoms with Crippen molar-refractivity contribution in [1.29, 1.82) is 0 Å². The Balaban J connectivity index is 1.59. The summed E-state index contributed by atoms with van der Waals surface area (Å²) in [6.07, 6.45) is 6.36. The van der Waals surface area contributed by atoms with Crippen molar-refractivity contribution < 1.29 is 19.1 Å².